The van der Waals surface area contributed by atoms with Gasteiger partial charge in [-0.15, -0.1) is 0 Å². The van der Waals surface area contributed by atoms with Crippen LogP contribution in [0.3, 0.4) is 0 Å². The van der Waals surface area contributed by atoms with Crippen molar-refractivity contribution in [2.24, 2.45) is 0 Å². The lowest BCUT2D eigenvalue weighted by atomic mass is 10.1. The number of allylic oxidation sites excluding steroid dienone is 1. The maximum Gasteiger partial charge on any atom is 0.251 e. The molecule has 0 radical (unpaired) electrons. The van der Waals surface area contributed by atoms with Gasteiger partial charge in [-0.25, -0.2) is 0 Å². The fourth-order valence-electron chi connectivity index (χ4n) is 1.89. The lowest BCUT2D eigenvalue weighted by Crippen LogP contribution is -2.24. The molecule has 0 heterocycles. The van der Waals surface area contributed by atoms with E-state index in [0.29, 0.717) is 17.8 Å². The Balaban J connectivity index is 2.18. The van der Waals surface area contributed by atoms with E-state index in [4.69, 9.17) is 5.21 Å². The smallest absolute Gasteiger partial charge is 0.251 e. The molecule has 4 nitrogen and oxygen atoms in total. The Labute approximate surface area is 120 Å². The molecule has 0 atom stereocenters. The first-order chi connectivity index (χ1) is 9.67. The number of hydroxylamine groups is 1. The van der Waals surface area contributed by atoms with E-state index in [1.54, 1.807) is 0 Å². The van der Waals surface area contributed by atoms with E-state index >= 15 is 0 Å². The Bertz CT molecular complexity index is 427. The van der Waals surface area contributed by atoms with Gasteiger partial charge in [-0.3, -0.25) is 15.5 Å². The van der Waals surface area contributed by atoms with Crippen molar-refractivity contribution in [3.63, 3.8) is 0 Å². The summed E-state index contributed by atoms with van der Waals surface area (Å²) in [5.74, 6) is -0.0194. The molecule has 0 spiro atoms. The molecule has 0 aromatic heterocycles. The van der Waals surface area contributed by atoms with Crippen LogP contribution in [0.1, 0.15) is 48.5 Å². The molecule has 0 unspecified atom stereocenters. The zero-order valence-corrected chi connectivity index (χ0v) is 12.1. The first kappa shape index (κ1) is 16.2. The van der Waals surface area contributed by atoms with Crippen LogP contribution in [-0.4, -0.2) is 17.7 Å². The van der Waals surface area contributed by atoms with Crippen molar-refractivity contribution in [2.45, 2.75) is 39.0 Å². The summed E-state index contributed by atoms with van der Waals surface area (Å²) in [5.41, 5.74) is 4.61. The van der Waals surface area contributed by atoms with Crippen LogP contribution in [0.4, 0.5) is 0 Å². The first-order valence-corrected chi connectivity index (χ1v) is 7.12. The standard InChI is InChI=1S/C16H24N2O2/c1-3-14-8-10-15(11-9-14)16(19)17-12-6-4-5-7-13(2)18-20/h8-11,18,20H,2-7,12H2,1H3,(H,17,19). The molecule has 0 saturated carbocycles. The van der Waals surface area contributed by atoms with E-state index in [0.717, 1.165) is 32.1 Å². The van der Waals surface area contributed by atoms with E-state index in [1.165, 1.54) is 5.56 Å². The van der Waals surface area contributed by atoms with E-state index < -0.39 is 0 Å². The predicted octanol–water partition coefficient (Wildman–Crippen LogP) is 3.03. The number of carbonyl (C=O) groups is 1. The lowest BCUT2D eigenvalue weighted by molar-refractivity contribution is 0.0953. The highest BCUT2D eigenvalue weighted by molar-refractivity contribution is 5.94. The zero-order valence-electron chi connectivity index (χ0n) is 12.1. The quantitative estimate of drug-likeness (QED) is 0.480. The Morgan fingerprint density at radius 1 is 1.20 bits per heavy atom. The van der Waals surface area contributed by atoms with Gasteiger partial charge in [0.2, 0.25) is 0 Å². The van der Waals surface area contributed by atoms with Crippen LogP contribution in [0.25, 0.3) is 0 Å². The second-order valence-electron chi connectivity index (χ2n) is 4.83. The number of aryl methyl sites for hydroxylation is 1. The minimum absolute atomic E-state index is 0.0194. The van der Waals surface area contributed by atoms with Crippen molar-refractivity contribution in [3.8, 4) is 0 Å². The second-order valence-corrected chi connectivity index (χ2v) is 4.83. The second kappa shape index (κ2) is 9.15. The molecular formula is C16H24N2O2. The lowest BCUT2D eigenvalue weighted by Gasteiger charge is -2.06. The monoisotopic (exact) mass is 276 g/mol. The summed E-state index contributed by atoms with van der Waals surface area (Å²) >= 11 is 0. The van der Waals surface area contributed by atoms with Gasteiger partial charge in [0.05, 0.1) is 0 Å². The molecule has 110 valence electrons. The van der Waals surface area contributed by atoms with Gasteiger partial charge in [0, 0.05) is 17.8 Å². The van der Waals surface area contributed by atoms with Crippen molar-refractivity contribution in [1.29, 1.82) is 0 Å². The van der Waals surface area contributed by atoms with Gasteiger partial charge in [-0.05, 0) is 43.4 Å². The number of hydrogen-bond acceptors (Lipinski definition) is 3. The molecule has 0 aliphatic rings. The maximum atomic E-state index is 11.9. The minimum atomic E-state index is -0.0194. The predicted molar refractivity (Wildman–Crippen MR) is 80.7 cm³/mol. The Hall–Kier alpha value is -1.81. The molecule has 4 heteroatoms. The van der Waals surface area contributed by atoms with Gasteiger partial charge < -0.3 is 5.32 Å². The van der Waals surface area contributed by atoms with Crippen molar-refractivity contribution in [1.82, 2.24) is 10.8 Å². The third-order valence-electron chi connectivity index (χ3n) is 3.22. The normalized spacial score (nSPS) is 10.1. The first-order valence-electron chi connectivity index (χ1n) is 7.12. The fraction of sp³-hybridized carbons (Fsp3) is 0.438. The Morgan fingerprint density at radius 2 is 1.90 bits per heavy atom. The third kappa shape index (κ3) is 5.89. The molecular weight excluding hydrogens is 252 g/mol. The Kier molecular flexibility index (Phi) is 7.43. The van der Waals surface area contributed by atoms with E-state index in [9.17, 15) is 4.79 Å². The average Bonchev–Trinajstić information content (AvgIpc) is 2.50. The summed E-state index contributed by atoms with van der Waals surface area (Å²) in [4.78, 5) is 11.9. The molecule has 0 saturated heterocycles. The van der Waals surface area contributed by atoms with Gasteiger partial charge >= 0.3 is 0 Å². The molecule has 3 N–H and O–H groups in total. The van der Waals surface area contributed by atoms with Crippen LogP contribution in [0, 0.1) is 0 Å². The van der Waals surface area contributed by atoms with Crippen molar-refractivity contribution in [3.05, 3.63) is 47.7 Å². The number of unbranched alkanes of at least 4 members (excludes halogenated alkanes) is 2. The zero-order chi connectivity index (χ0) is 14.8. The summed E-state index contributed by atoms with van der Waals surface area (Å²) in [5, 5.41) is 11.5. The van der Waals surface area contributed by atoms with Gasteiger partial charge in [-0.2, -0.15) is 0 Å². The fourth-order valence-corrected chi connectivity index (χ4v) is 1.89. The SMILES string of the molecule is C=C(CCCCCNC(=O)c1ccc(CC)cc1)NO. The van der Waals surface area contributed by atoms with Crippen LogP contribution in [0.15, 0.2) is 36.5 Å². The maximum absolute atomic E-state index is 11.9. The van der Waals surface area contributed by atoms with Gasteiger partial charge in [0.1, 0.15) is 0 Å². The summed E-state index contributed by atoms with van der Waals surface area (Å²) in [6.07, 6.45) is 4.61. The van der Waals surface area contributed by atoms with Crippen LogP contribution in [-0.2, 0) is 6.42 Å². The average molecular weight is 276 g/mol. The van der Waals surface area contributed by atoms with Gasteiger partial charge in [0.15, 0.2) is 0 Å². The number of rotatable bonds is 9. The summed E-state index contributed by atoms with van der Waals surface area (Å²) in [6, 6.07) is 7.71. The largest absolute Gasteiger partial charge is 0.352 e. The van der Waals surface area contributed by atoms with Gasteiger partial charge in [0.25, 0.3) is 5.91 Å². The minimum Gasteiger partial charge on any atom is -0.352 e. The van der Waals surface area contributed by atoms with Gasteiger partial charge in [-0.1, -0.05) is 32.1 Å². The highest BCUT2D eigenvalue weighted by atomic mass is 16.5. The topological polar surface area (TPSA) is 61.4 Å². The highest BCUT2D eigenvalue weighted by Gasteiger charge is 2.04. The van der Waals surface area contributed by atoms with E-state index in [1.807, 2.05) is 29.7 Å². The third-order valence-corrected chi connectivity index (χ3v) is 3.22. The number of amides is 1. The van der Waals surface area contributed by atoms with Crippen LogP contribution < -0.4 is 10.8 Å². The Morgan fingerprint density at radius 3 is 2.50 bits per heavy atom. The van der Waals surface area contributed by atoms with Crippen LogP contribution >= 0.6 is 0 Å². The molecule has 0 bridgehead atoms. The molecule has 1 amide bonds. The summed E-state index contributed by atoms with van der Waals surface area (Å²) in [6.45, 7) is 6.41. The number of benzene rings is 1. The molecule has 0 aliphatic carbocycles. The van der Waals surface area contributed by atoms with Crippen molar-refractivity contribution < 1.29 is 10.0 Å². The van der Waals surface area contributed by atoms with E-state index in [-0.39, 0.29) is 5.91 Å². The van der Waals surface area contributed by atoms with E-state index in [2.05, 4.69) is 18.8 Å². The van der Waals surface area contributed by atoms with Crippen LogP contribution in [0.2, 0.25) is 0 Å². The highest BCUT2D eigenvalue weighted by Crippen LogP contribution is 2.06. The van der Waals surface area contributed by atoms with Crippen molar-refractivity contribution >= 4 is 5.91 Å². The molecule has 0 aliphatic heterocycles. The summed E-state index contributed by atoms with van der Waals surface area (Å²) < 4.78 is 0. The molecule has 1 rings (SSSR count). The molecule has 20 heavy (non-hydrogen) atoms. The summed E-state index contributed by atoms with van der Waals surface area (Å²) in [7, 11) is 0. The molecule has 0 fully saturated rings. The number of nitrogens with one attached hydrogen (secondary N) is 2. The molecule has 1 aromatic carbocycles. The molecule has 1 aromatic rings. The number of carbonyl (C=O) groups excluding carboxylic acids is 1. The van der Waals surface area contributed by atoms with Crippen molar-refractivity contribution in [2.75, 3.05) is 6.54 Å². The van der Waals surface area contributed by atoms with Crippen LogP contribution in [0.5, 0.6) is 0 Å². The number of hydrogen-bond donors (Lipinski definition) is 3.